The van der Waals surface area contributed by atoms with Gasteiger partial charge in [0.05, 0.1) is 9.92 Å². The highest BCUT2D eigenvalue weighted by Gasteiger charge is 2.27. The summed E-state index contributed by atoms with van der Waals surface area (Å²) in [6.07, 6.45) is 2.01. The van der Waals surface area contributed by atoms with Crippen molar-refractivity contribution >= 4 is 50.6 Å². The van der Waals surface area contributed by atoms with Gasteiger partial charge in [-0.2, -0.15) is 0 Å². The first-order chi connectivity index (χ1) is 16.7. The van der Waals surface area contributed by atoms with Crippen molar-refractivity contribution < 1.29 is 17.9 Å². The molecule has 12 heteroatoms. The van der Waals surface area contributed by atoms with Crippen molar-refractivity contribution in [2.24, 2.45) is 0 Å². The number of benzene rings is 2. The summed E-state index contributed by atoms with van der Waals surface area (Å²) >= 11 is 12.2. The molecule has 2 heterocycles. The van der Waals surface area contributed by atoms with Gasteiger partial charge in [-0.05, 0) is 49.4 Å². The van der Waals surface area contributed by atoms with Gasteiger partial charge in [-0.25, -0.2) is 18.4 Å². The number of amides is 1. The molecule has 1 amide bonds. The molecule has 1 fully saturated rings. The van der Waals surface area contributed by atoms with Crippen molar-refractivity contribution in [2.75, 3.05) is 35.8 Å². The summed E-state index contributed by atoms with van der Waals surface area (Å²) in [4.78, 5) is 24.5. The number of ether oxygens (including phenoxy) is 1. The molecule has 0 bridgehead atoms. The summed E-state index contributed by atoms with van der Waals surface area (Å²) in [5.41, 5.74) is 0.869. The Morgan fingerprint density at radius 2 is 1.77 bits per heavy atom. The van der Waals surface area contributed by atoms with Crippen molar-refractivity contribution in [3.8, 4) is 5.75 Å². The minimum Gasteiger partial charge on any atom is -0.479 e. The maximum absolute atomic E-state index is 12.9. The third-order valence-corrected chi connectivity index (χ3v) is 7.66. The number of aromatic nitrogens is 2. The third kappa shape index (κ3) is 5.95. The van der Waals surface area contributed by atoms with Gasteiger partial charge in [-0.3, -0.25) is 9.52 Å². The van der Waals surface area contributed by atoms with Crippen LogP contribution in [0.1, 0.15) is 6.92 Å². The Labute approximate surface area is 213 Å². The van der Waals surface area contributed by atoms with E-state index in [2.05, 4.69) is 19.6 Å². The first-order valence-corrected chi connectivity index (χ1v) is 13.0. The smallest absolute Gasteiger partial charge is 0.263 e. The lowest BCUT2D eigenvalue weighted by molar-refractivity contribution is -0.138. The first kappa shape index (κ1) is 25.0. The molecule has 1 aromatic heterocycles. The molecule has 0 radical (unpaired) electrons. The molecule has 0 saturated carbocycles. The Bertz CT molecular complexity index is 1290. The number of sulfonamides is 1. The highest BCUT2D eigenvalue weighted by Crippen LogP contribution is 2.32. The lowest BCUT2D eigenvalue weighted by atomic mass is 10.2. The topological polar surface area (TPSA) is 105 Å². The number of carbonyl (C=O) groups excluding carboxylic acids is 1. The van der Waals surface area contributed by atoms with Crippen LogP contribution in [0.5, 0.6) is 5.75 Å². The molecule has 2 aromatic carbocycles. The van der Waals surface area contributed by atoms with E-state index in [4.69, 9.17) is 27.9 Å². The molecule has 3 aromatic rings. The van der Waals surface area contributed by atoms with Crippen LogP contribution in [0.3, 0.4) is 0 Å². The molecule has 1 saturated heterocycles. The van der Waals surface area contributed by atoms with E-state index in [9.17, 15) is 13.2 Å². The van der Waals surface area contributed by atoms with Gasteiger partial charge in [-0.15, -0.1) is 0 Å². The van der Waals surface area contributed by atoms with Crippen LogP contribution in [-0.2, 0) is 14.8 Å². The molecule has 184 valence electrons. The van der Waals surface area contributed by atoms with Gasteiger partial charge < -0.3 is 14.5 Å². The molecule has 0 aliphatic carbocycles. The number of rotatable bonds is 7. The first-order valence-electron chi connectivity index (χ1n) is 10.8. The summed E-state index contributed by atoms with van der Waals surface area (Å²) in [5, 5.41) is 0.636. The molecule has 35 heavy (non-hydrogen) atoms. The largest absolute Gasteiger partial charge is 0.479 e. The highest BCUT2D eigenvalue weighted by molar-refractivity contribution is 7.92. The number of anilines is 2. The molecule has 1 aliphatic rings. The van der Waals surface area contributed by atoms with E-state index < -0.39 is 16.1 Å². The van der Waals surface area contributed by atoms with E-state index in [-0.39, 0.29) is 21.6 Å². The molecule has 4 rings (SSSR count). The van der Waals surface area contributed by atoms with E-state index >= 15 is 0 Å². The number of halogens is 2. The second-order valence-electron chi connectivity index (χ2n) is 7.82. The number of carbonyl (C=O) groups is 1. The standard InChI is InChI=1S/C23H23Cl2N5O4S/c1-16(34-20-4-2-3-19(24)22(20)25)23(31)30-13-11-29(12-14-30)17-5-7-18(8-6-17)35(32,33)28-21-9-10-26-15-27-21/h2-10,15-16H,11-14H2,1H3,(H,26,27,28). The zero-order valence-corrected chi connectivity index (χ0v) is 21.1. The molecule has 1 N–H and O–H groups in total. The lowest BCUT2D eigenvalue weighted by Gasteiger charge is -2.37. The minimum absolute atomic E-state index is 0.124. The van der Waals surface area contributed by atoms with Crippen molar-refractivity contribution in [2.45, 2.75) is 17.9 Å². The third-order valence-electron chi connectivity index (χ3n) is 5.49. The summed E-state index contributed by atoms with van der Waals surface area (Å²) in [6.45, 7) is 3.89. The van der Waals surface area contributed by atoms with Gasteiger partial charge >= 0.3 is 0 Å². The Hall–Kier alpha value is -3.08. The highest BCUT2D eigenvalue weighted by atomic mass is 35.5. The number of hydrogen-bond donors (Lipinski definition) is 1. The van der Waals surface area contributed by atoms with Crippen LogP contribution in [0.2, 0.25) is 10.0 Å². The van der Waals surface area contributed by atoms with Gasteiger partial charge in [-0.1, -0.05) is 29.3 Å². The minimum atomic E-state index is -3.77. The fraction of sp³-hybridized carbons (Fsp3) is 0.261. The zero-order chi connectivity index (χ0) is 25.0. The van der Waals surface area contributed by atoms with Gasteiger partial charge in [0.25, 0.3) is 15.9 Å². The van der Waals surface area contributed by atoms with Crippen LogP contribution in [0.25, 0.3) is 0 Å². The van der Waals surface area contributed by atoms with Gasteiger partial charge in [0.15, 0.2) is 6.10 Å². The SMILES string of the molecule is CC(Oc1cccc(Cl)c1Cl)C(=O)N1CCN(c2ccc(S(=O)(=O)Nc3ccncn3)cc2)CC1. The van der Waals surface area contributed by atoms with Crippen LogP contribution < -0.4 is 14.4 Å². The molecule has 0 spiro atoms. The Balaban J connectivity index is 1.33. The van der Waals surface area contributed by atoms with Gasteiger partial charge in [0, 0.05) is 38.1 Å². The molecular formula is C23H23Cl2N5O4S. The maximum atomic E-state index is 12.9. The van der Waals surface area contributed by atoms with E-state index in [1.807, 2.05) is 0 Å². The maximum Gasteiger partial charge on any atom is 0.263 e. The zero-order valence-electron chi connectivity index (χ0n) is 18.8. The average molecular weight is 536 g/mol. The summed E-state index contributed by atoms with van der Waals surface area (Å²) in [6, 6.07) is 13.1. The summed E-state index contributed by atoms with van der Waals surface area (Å²) in [5.74, 6) is 0.418. The lowest BCUT2D eigenvalue weighted by Crippen LogP contribution is -2.52. The second kappa shape index (κ2) is 10.7. The van der Waals surface area contributed by atoms with Crippen molar-refractivity contribution in [3.05, 3.63) is 71.1 Å². The Morgan fingerprint density at radius 1 is 1.06 bits per heavy atom. The number of nitrogens with zero attached hydrogens (tertiary/aromatic N) is 4. The number of piperazine rings is 1. The van der Waals surface area contributed by atoms with E-state index in [1.165, 1.54) is 18.6 Å². The predicted octanol–water partition coefficient (Wildman–Crippen LogP) is 3.70. The molecule has 1 unspecified atom stereocenters. The van der Waals surface area contributed by atoms with Gasteiger partial charge in [0.2, 0.25) is 0 Å². The predicted molar refractivity (Wildman–Crippen MR) is 135 cm³/mol. The van der Waals surface area contributed by atoms with E-state index in [0.717, 1.165) is 5.69 Å². The fourth-order valence-electron chi connectivity index (χ4n) is 3.64. The van der Waals surface area contributed by atoms with Crippen molar-refractivity contribution in [1.82, 2.24) is 14.9 Å². The van der Waals surface area contributed by atoms with E-state index in [1.54, 1.807) is 54.3 Å². The van der Waals surface area contributed by atoms with Crippen LogP contribution in [0.15, 0.2) is 66.0 Å². The average Bonchev–Trinajstić information content (AvgIpc) is 2.87. The molecular weight excluding hydrogens is 513 g/mol. The summed E-state index contributed by atoms with van der Waals surface area (Å²) < 4.78 is 33.3. The fourth-order valence-corrected chi connectivity index (χ4v) is 4.99. The van der Waals surface area contributed by atoms with E-state index in [0.29, 0.717) is 37.0 Å². The van der Waals surface area contributed by atoms with Crippen LogP contribution in [0.4, 0.5) is 11.5 Å². The Morgan fingerprint density at radius 3 is 2.43 bits per heavy atom. The number of hydrogen-bond acceptors (Lipinski definition) is 7. The van der Waals surface area contributed by atoms with Crippen LogP contribution >= 0.6 is 23.2 Å². The molecule has 9 nitrogen and oxygen atoms in total. The Kier molecular flexibility index (Phi) is 7.63. The molecule has 1 atom stereocenters. The van der Waals surface area contributed by atoms with Crippen molar-refractivity contribution in [3.63, 3.8) is 0 Å². The normalized spacial score (nSPS) is 14.9. The molecule has 1 aliphatic heterocycles. The quantitative estimate of drug-likeness (QED) is 0.491. The van der Waals surface area contributed by atoms with Gasteiger partial charge in [0.1, 0.15) is 22.9 Å². The monoisotopic (exact) mass is 535 g/mol. The van der Waals surface area contributed by atoms with Crippen LogP contribution in [0, 0.1) is 0 Å². The summed E-state index contributed by atoms with van der Waals surface area (Å²) in [7, 11) is -3.77. The second-order valence-corrected chi connectivity index (χ2v) is 10.3. The van der Waals surface area contributed by atoms with Crippen molar-refractivity contribution in [1.29, 1.82) is 0 Å². The van der Waals surface area contributed by atoms with Crippen LogP contribution in [-0.4, -0.2) is 61.5 Å². The number of nitrogens with one attached hydrogen (secondary N) is 1.